The summed E-state index contributed by atoms with van der Waals surface area (Å²) < 4.78 is 5.55. The van der Waals surface area contributed by atoms with Crippen molar-refractivity contribution in [3.63, 3.8) is 0 Å². The predicted octanol–water partition coefficient (Wildman–Crippen LogP) is 2.47. The molecule has 1 aliphatic heterocycles. The molecule has 104 valence electrons. The SMILES string of the molecule is CCCC(C)(N)C(=O)Nc1ccc2c(c1)CCCO2. The fourth-order valence-corrected chi connectivity index (χ4v) is 2.34. The molecule has 19 heavy (non-hydrogen) atoms. The van der Waals surface area contributed by atoms with Gasteiger partial charge in [0.1, 0.15) is 5.75 Å². The van der Waals surface area contributed by atoms with E-state index in [2.05, 4.69) is 5.32 Å². The average molecular weight is 262 g/mol. The van der Waals surface area contributed by atoms with E-state index >= 15 is 0 Å². The Morgan fingerprint density at radius 3 is 3.05 bits per heavy atom. The van der Waals surface area contributed by atoms with Gasteiger partial charge in [-0.05, 0) is 49.9 Å². The second-order valence-corrected chi connectivity index (χ2v) is 5.40. The summed E-state index contributed by atoms with van der Waals surface area (Å²) in [5, 5.41) is 2.90. The first-order valence-corrected chi connectivity index (χ1v) is 6.89. The number of rotatable bonds is 4. The quantitative estimate of drug-likeness (QED) is 0.876. The highest BCUT2D eigenvalue weighted by Crippen LogP contribution is 2.27. The summed E-state index contributed by atoms with van der Waals surface area (Å²) in [6.45, 7) is 4.57. The van der Waals surface area contributed by atoms with Gasteiger partial charge in [0.25, 0.3) is 0 Å². The number of hydrogen-bond donors (Lipinski definition) is 2. The molecule has 1 aliphatic rings. The molecule has 0 aromatic heterocycles. The Labute approximate surface area is 114 Å². The van der Waals surface area contributed by atoms with Gasteiger partial charge in [0.2, 0.25) is 5.91 Å². The summed E-state index contributed by atoms with van der Waals surface area (Å²) in [5.41, 5.74) is 7.15. The largest absolute Gasteiger partial charge is 0.493 e. The zero-order chi connectivity index (χ0) is 13.9. The van der Waals surface area contributed by atoms with E-state index in [1.807, 2.05) is 25.1 Å². The third kappa shape index (κ3) is 3.26. The monoisotopic (exact) mass is 262 g/mol. The molecule has 4 nitrogen and oxygen atoms in total. The van der Waals surface area contributed by atoms with Gasteiger partial charge in [-0.2, -0.15) is 0 Å². The van der Waals surface area contributed by atoms with Crippen LogP contribution >= 0.6 is 0 Å². The Morgan fingerprint density at radius 1 is 1.53 bits per heavy atom. The van der Waals surface area contributed by atoms with E-state index < -0.39 is 5.54 Å². The molecule has 4 heteroatoms. The number of fused-ring (bicyclic) bond motifs is 1. The first kappa shape index (κ1) is 13.9. The topological polar surface area (TPSA) is 64.4 Å². The first-order chi connectivity index (χ1) is 9.03. The van der Waals surface area contributed by atoms with Crippen LogP contribution in [0.5, 0.6) is 5.75 Å². The van der Waals surface area contributed by atoms with Crippen LogP contribution in [-0.2, 0) is 11.2 Å². The van der Waals surface area contributed by atoms with Crippen LogP contribution in [0.3, 0.4) is 0 Å². The van der Waals surface area contributed by atoms with E-state index in [1.165, 1.54) is 0 Å². The van der Waals surface area contributed by atoms with E-state index in [4.69, 9.17) is 10.5 Å². The minimum atomic E-state index is -0.818. The van der Waals surface area contributed by atoms with Crippen LogP contribution in [0.15, 0.2) is 18.2 Å². The molecule has 0 bridgehead atoms. The molecule has 1 atom stereocenters. The number of carbonyl (C=O) groups is 1. The fraction of sp³-hybridized carbons (Fsp3) is 0.533. The maximum atomic E-state index is 12.1. The Hall–Kier alpha value is -1.55. The lowest BCUT2D eigenvalue weighted by Gasteiger charge is -2.23. The van der Waals surface area contributed by atoms with Crippen molar-refractivity contribution in [1.82, 2.24) is 0 Å². The molecule has 0 saturated heterocycles. The average Bonchev–Trinajstić information content (AvgIpc) is 2.38. The van der Waals surface area contributed by atoms with Gasteiger partial charge in [0.05, 0.1) is 12.1 Å². The van der Waals surface area contributed by atoms with Crippen LogP contribution in [0.4, 0.5) is 5.69 Å². The van der Waals surface area contributed by atoms with Crippen LogP contribution in [0.2, 0.25) is 0 Å². The number of amides is 1. The molecule has 0 aliphatic carbocycles. The van der Waals surface area contributed by atoms with Crippen molar-refractivity contribution in [3.05, 3.63) is 23.8 Å². The lowest BCUT2D eigenvalue weighted by atomic mass is 9.96. The van der Waals surface area contributed by atoms with Gasteiger partial charge in [-0.25, -0.2) is 0 Å². The van der Waals surface area contributed by atoms with Gasteiger partial charge in [-0.1, -0.05) is 13.3 Å². The van der Waals surface area contributed by atoms with E-state index in [-0.39, 0.29) is 5.91 Å². The Kier molecular flexibility index (Phi) is 4.10. The molecule has 2 rings (SSSR count). The first-order valence-electron chi connectivity index (χ1n) is 6.89. The van der Waals surface area contributed by atoms with E-state index in [0.29, 0.717) is 6.42 Å². The third-order valence-corrected chi connectivity index (χ3v) is 3.45. The smallest absolute Gasteiger partial charge is 0.244 e. The summed E-state index contributed by atoms with van der Waals surface area (Å²) in [6.07, 6.45) is 3.58. The van der Waals surface area contributed by atoms with Crippen molar-refractivity contribution in [2.45, 2.75) is 45.1 Å². The van der Waals surface area contributed by atoms with Gasteiger partial charge in [0.15, 0.2) is 0 Å². The fourth-order valence-electron chi connectivity index (χ4n) is 2.34. The van der Waals surface area contributed by atoms with Crippen molar-refractivity contribution in [3.8, 4) is 5.75 Å². The predicted molar refractivity (Wildman–Crippen MR) is 76.4 cm³/mol. The Morgan fingerprint density at radius 2 is 2.32 bits per heavy atom. The molecule has 1 unspecified atom stereocenters. The Bertz CT molecular complexity index is 469. The minimum Gasteiger partial charge on any atom is -0.493 e. The summed E-state index contributed by atoms with van der Waals surface area (Å²) >= 11 is 0. The van der Waals surface area contributed by atoms with Gasteiger partial charge in [-0.3, -0.25) is 4.79 Å². The number of benzene rings is 1. The third-order valence-electron chi connectivity index (χ3n) is 3.45. The molecule has 1 aromatic rings. The maximum absolute atomic E-state index is 12.1. The van der Waals surface area contributed by atoms with Crippen LogP contribution in [-0.4, -0.2) is 18.1 Å². The molecule has 3 N–H and O–H groups in total. The molecule has 1 heterocycles. The zero-order valence-corrected chi connectivity index (χ0v) is 11.7. The van der Waals surface area contributed by atoms with E-state index in [1.54, 1.807) is 6.92 Å². The number of nitrogens with two attached hydrogens (primary N) is 1. The highest BCUT2D eigenvalue weighted by molar-refractivity contribution is 5.97. The van der Waals surface area contributed by atoms with E-state index in [0.717, 1.165) is 42.9 Å². The Balaban J connectivity index is 2.09. The van der Waals surface area contributed by atoms with Crippen LogP contribution < -0.4 is 15.8 Å². The molecule has 1 aromatic carbocycles. The molecular formula is C15H22N2O2. The van der Waals surface area contributed by atoms with Crippen molar-refractivity contribution in [1.29, 1.82) is 0 Å². The number of ether oxygens (including phenoxy) is 1. The standard InChI is InChI=1S/C15H22N2O2/c1-3-8-15(2,16)14(18)17-12-6-7-13-11(10-12)5-4-9-19-13/h6-7,10H,3-5,8-9,16H2,1-2H3,(H,17,18). The molecule has 0 radical (unpaired) electrons. The highest BCUT2D eigenvalue weighted by atomic mass is 16.5. The molecule has 0 fully saturated rings. The van der Waals surface area contributed by atoms with E-state index in [9.17, 15) is 4.79 Å². The number of anilines is 1. The highest BCUT2D eigenvalue weighted by Gasteiger charge is 2.27. The van der Waals surface area contributed by atoms with Gasteiger partial charge >= 0.3 is 0 Å². The van der Waals surface area contributed by atoms with Crippen LogP contribution in [0.1, 0.15) is 38.7 Å². The maximum Gasteiger partial charge on any atom is 0.244 e. The lowest BCUT2D eigenvalue weighted by molar-refractivity contribution is -0.120. The molecular weight excluding hydrogens is 240 g/mol. The normalized spacial score (nSPS) is 17.0. The second kappa shape index (κ2) is 5.61. The van der Waals surface area contributed by atoms with Gasteiger partial charge in [-0.15, -0.1) is 0 Å². The second-order valence-electron chi connectivity index (χ2n) is 5.40. The number of hydrogen-bond acceptors (Lipinski definition) is 3. The summed E-state index contributed by atoms with van der Waals surface area (Å²) in [5.74, 6) is 0.791. The molecule has 1 amide bonds. The summed E-state index contributed by atoms with van der Waals surface area (Å²) in [7, 11) is 0. The lowest BCUT2D eigenvalue weighted by Crippen LogP contribution is -2.48. The minimum absolute atomic E-state index is 0.133. The number of aryl methyl sites for hydroxylation is 1. The number of nitrogens with one attached hydrogen (secondary N) is 1. The zero-order valence-electron chi connectivity index (χ0n) is 11.7. The van der Waals surface area contributed by atoms with Crippen molar-refractivity contribution in [2.75, 3.05) is 11.9 Å². The molecule has 0 spiro atoms. The van der Waals surface area contributed by atoms with Gasteiger partial charge in [0, 0.05) is 5.69 Å². The van der Waals surface area contributed by atoms with Crippen LogP contribution in [0, 0.1) is 0 Å². The molecule has 0 saturated carbocycles. The van der Waals surface area contributed by atoms with Crippen molar-refractivity contribution in [2.24, 2.45) is 5.73 Å². The van der Waals surface area contributed by atoms with Crippen LogP contribution in [0.25, 0.3) is 0 Å². The van der Waals surface area contributed by atoms with Crippen molar-refractivity contribution < 1.29 is 9.53 Å². The van der Waals surface area contributed by atoms with Crippen molar-refractivity contribution >= 4 is 11.6 Å². The summed E-state index contributed by atoms with van der Waals surface area (Å²) in [6, 6.07) is 5.76. The summed E-state index contributed by atoms with van der Waals surface area (Å²) in [4.78, 5) is 12.1. The van der Waals surface area contributed by atoms with Gasteiger partial charge < -0.3 is 15.8 Å². The number of carbonyl (C=O) groups excluding carboxylic acids is 1.